The molecule has 0 bridgehead atoms. The van der Waals surface area contributed by atoms with Gasteiger partial charge in [-0.15, -0.1) is 22.5 Å². The summed E-state index contributed by atoms with van der Waals surface area (Å²) >= 11 is 0. The standard InChI is InChI=1S/C13H13F3N4/c1-2-3-7-11(17)19-20-12(18)9-5-4-6-10(8-9)13(14,15)16/h1,4-6,8H,3,7H2,(H2,17,19)(H2,18,20). The van der Waals surface area contributed by atoms with Crippen molar-refractivity contribution >= 4 is 11.7 Å². The lowest BCUT2D eigenvalue weighted by Crippen LogP contribution is -2.16. The molecule has 106 valence electrons. The summed E-state index contributed by atoms with van der Waals surface area (Å²) in [5.74, 6) is 2.39. The molecule has 0 unspecified atom stereocenters. The Kier molecular flexibility index (Phi) is 5.15. The van der Waals surface area contributed by atoms with Crippen LogP contribution in [0.3, 0.4) is 0 Å². The van der Waals surface area contributed by atoms with Crippen LogP contribution in [-0.2, 0) is 6.18 Å². The molecule has 4 nitrogen and oxygen atoms in total. The van der Waals surface area contributed by atoms with Gasteiger partial charge >= 0.3 is 6.18 Å². The molecule has 0 saturated heterocycles. The van der Waals surface area contributed by atoms with Gasteiger partial charge in [0.2, 0.25) is 0 Å². The highest BCUT2D eigenvalue weighted by molar-refractivity contribution is 5.98. The summed E-state index contributed by atoms with van der Waals surface area (Å²) in [6.07, 6.45) is 1.35. The molecule has 20 heavy (non-hydrogen) atoms. The van der Waals surface area contributed by atoms with E-state index in [4.69, 9.17) is 17.9 Å². The number of nitrogens with two attached hydrogens (primary N) is 2. The van der Waals surface area contributed by atoms with Gasteiger partial charge in [-0.3, -0.25) is 0 Å². The molecule has 0 heterocycles. The minimum Gasteiger partial charge on any atom is -0.386 e. The first-order valence-corrected chi connectivity index (χ1v) is 5.61. The highest BCUT2D eigenvalue weighted by Gasteiger charge is 2.30. The Labute approximate surface area is 114 Å². The van der Waals surface area contributed by atoms with Crippen molar-refractivity contribution in [2.75, 3.05) is 0 Å². The van der Waals surface area contributed by atoms with E-state index in [-0.39, 0.29) is 17.2 Å². The van der Waals surface area contributed by atoms with Crippen LogP contribution >= 0.6 is 0 Å². The molecule has 0 spiro atoms. The van der Waals surface area contributed by atoms with Crippen molar-refractivity contribution in [3.8, 4) is 12.3 Å². The maximum atomic E-state index is 12.5. The number of hydrogen-bond acceptors (Lipinski definition) is 2. The summed E-state index contributed by atoms with van der Waals surface area (Å²) in [4.78, 5) is 0. The van der Waals surface area contributed by atoms with Gasteiger partial charge in [-0.25, -0.2) is 0 Å². The molecule has 0 aliphatic rings. The van der Waals surface area contributed by atoms with Crippen LogP contribution in [0.1, 0.15) is 24.0 Å². The summed E-state index contributed by atoms with van der Waals surface area (Å²) in [5.41, 5.74) is 10.4. The summed E-state index contributed by atoms with van der Waals surface area (Å²) in [6.45, 7) is 0. The number of benzene rings is 1. The summed E-state index contributed by atoms with van der Waals surface area (Å²) < 4.78 is 37.6. The molecule has 0 aromatic heterocycles. The molecule has 1 aromatic carbocycles. The van der Waals surface area contributed by atoms with Gasteiger partial charge in [-0.1, -0.05) is 12.1 Å². The van der Waals surface area contributed by atoms with E-state index in [0.717, 1.165) is 12.1 Å². The second-order valence-electron chi connectivity index (χ2n) is 3.86. The SMILES string of the molecule is C#CCC/C(N)=N/N=C(\N)c1cccc(C(F)(F)F)c1. The van der Waals surface area contributed by atoms with Gasteiger partial charge in [-0.2, -0.15) is 13.2 Å². The predicted molar refractivity (Wildman–Crippen MR) is 71.9 cm³/mol. The van der Waals surface area contributed by atoms with Crippen molar-refractivity contribution in [2.45, 2.75) is 19.0 Å². The van der Waals surface area contributed by atoms with E-state index in [1.54, 1.807) is 0 Å². The zero-order valence-corrected chi connectivity index (χ0v) is 10.5. The molecular formula is C13H13F3N4. The molecule has 0 radical (unpaired) electrons. The maximum absolute atomic E-state index is 12.5. The highest BCUT2D eigenvalue weighted by atomic mass is 19.4. The quantitative estimate of drug-likeness (QED) is 0.384. The van der Waals surface area contributed by atoms with Crippen molar-refractivity contribution in [1.29, 1.82) is 0 Å². The van der Waals surface area contributed by atoms with Crippen LogP contribution in [0.25, 0.3) is 0 Å². The smallest absolute Gasteiger partial charge is 0.386 e. The lowest BCUT2D eigenvalue weighted by Gasteiger charge is -2.07. The van der Waals surface area contributed by atoms with Crippen LogP contribution in [-0.4, -0.2) is 11.7 Å². The molecule has 1 aromatic rings. The van der Waals surface area contributed by atoms with E-state index in [2.05, 4.69) is 16.1 Å². The van der Waals surface area contributed by atoms with Gasteiger partial charge in [0, 0.05) is 18.4 Å². The lowest BCUT2D eigenvalue weighted by atomic mass is 10.1. The largest absolute Gasteiger partial charge is 0.416 e. The molecule has 1 rings (SSSR count). The van der Waals surface area contributed by atoms with E-state index in [0.29, 0.717) is 12.8 Å². The second kappa shape index (κ2) is 6.61. The van der Waals surface area contributed by atoms with Crippen molar-refractivity contribution in [3.63, 3.8) is 0 Å². The molecule has 0 aliphatic carbocycles. The van der Waals surface area contributed by atoms with Crippen molar-refractivity contribution in [1.82, 2.24) is 0 Å². The monoisotopic (exact) mass is 282 g/mol. The first-order valence-electron chi connectivity index (χ1n) is 5.61. The number of hydrogen-bond donors (Lipinski definition) is 2. The van der Waals surface area contributed by atoms with Crippen molar-refractivity contribution in [2.24, 2.45) is 21.7 Å². The van der Waals surface area contributed by atoms with E-state index < -0.39 is 11.7 Å². The predicted octanol–water partition coefficient (Wildman–Crippen LogP) is 2.10. The van der Waals surface area contributed by atoms with Crippen LogP contribution < -0.4 is 11.5 Å². The zero-order valence-electron chi connectivity index (χ0n) is 10.5. The Morgan fingerprint density at radius 2 is 1.95 bits per heavy atom. The number of nitrogens with zero attached hydrogens (tertiary/aromatic N) is 2. The highest BCUT2D eigenvalue weighted by Crippen LogP contribution is 2.29. The van der Waals surface area contributed by atoms with Gasteiger partial charge in [0.25, 0.3) is 0 Å². The van der Waals surface area contributed by atoms with Crippen LogP contribution in [0, 0.1) is 12.3 Å². The van der Waals surface area contributed by atoms with E-state index in [1.807, 2.05) is 0 Å². The van der Waals surface area contributed by atoms with Gasteiger partial charge in [-0.05, 0) is 12.1 Å². The molecule has 0 amide bonds. The minimum absolute atomic E-state index is 0.119. The van der Waals surface area contributed by atoms with Crippen molar-refractivity contribution < 1.29 is 13.2 Å². The summed E-state index contributed by atoms with van der Waals surface area (Å²) in [6, 6.07) is 4.49. The number of terminal acetylenes is 1. The van der Waals surface area contributed by atoms with Gasteiger partial charge in [0.15, 0.2) is 5.84 Å². The average molecular weight is 282 g/mol. The van der Waals surface area contributed by atoms with Gasteiger partial charge in [0.05, 0.1) is 5.56 Å². The van der Waals surface area contributed by atoms with Crippen LogP contribution in [0.4, 0.5) is 13.2 Å². The lowest BCUT2D eigenvalue weighted by molar-refractivity contribution is -0.137. The molecular weight excluding hydrogens is 269 g/mol. The first-order chi connectivity index (χ1) is 9.34. The maximum Gasteiger partial charge on any atom is 0.416 e. The fraction of sp³-hybridized carbons (Fsp3) is 0.231. The molecule has 7 heteroatoms. The Hall–Kier alpha value is -2.49. The topological polar surface area (TPSA) is 76.8 Å². The van der Waals surface area contributed by atoms with Crippen LogP contribution in [0.2, 0.25) is 0 Å². The van der Waals surface area contributed by atoms with Crippen LogP contribution in [0.15, 0.2) is 34.5 Å². The van der Waals surface area contributed by atoms with E-state index in [1.165, 1.54) is 12.1 Å². The third-order valence-corrected chi connectivity index (χ3v) is 2.30. The fourth-order valence-electron chi connectivity index (χ4n) is 1.28. The molecule has 0 saturated carbocycles. The van der Waals surface area contributed by atoms with Crippen LogP contribution in [0.5, 0.6) is 0 Å². The summed E-state index contributed by atoms with van der Waals surface area (Å²) in [5, 5.41) is 7.20. The Morgan fingerprint density at radius 3 is 2.55 bits per heavy atom. The second-order valence-corrected chi connectivity index (χ2v) is 3.86. The third kappa shape index (κ3) is 4.65. The van der Waals surface area contributed by atoms with E-state index >= 15 is 0 Å². The number of alkyl halides is 3. The number of halogens is 3. The number of amidine groups is 2. The minimum atomic E-state index is -4.44. The molecule has 4 N–H and O–H groups in total. The molecule has 0 fully saturated rings. The van der Waals surface area contributed by atoms with Gasteiger partial charge in [0.1, 0.15) is 5.84 Å². The molecule has 0 aliphatic heterocycles. The third-order valence-electron chi connectivity index (χ3n) is 2.30. The molecule has 0 atom stereocenters. The zero-order chi connectivity index (χ0) is 15.2. The average Bonchev–Trinajstić information content (AvgIpc) is 2.41. The fourth-order valence-corrected chi connectivity index (χ4v) is 1.28. The Balaban J connectivity index is 2.93. The summed E-state index contributed by atoms with van der Waals surface area (Å²) in [7, 11) is 0. The Bertz CT molecular complexity index is 568. The first kappa shape index (κ1) is 15.6. The normalized spacial score (nSPS) is 13.1. The van der Waals surface area contributed by atoms with Gasteiger partial charge < -0.3 is 11.5 Å². The number of rotatable bonds is 4. The van der Waals surface area contributed by atoms with E-state index in [9.17, 15) is 13.2 Å². The Morgan fingerprint density at radius 1 is 1.25 bits per heavy atom. The van der Waals surface area contributed by atoms with Crippen molar-refractivity contribution in [3.05, 3.63) is 35.4 Å².